The smallest absolute Gasteiger partial charge is 0.187 e. The number of hydrogen-bond donors (Lipinski definition) is 0. The first kappa shape index (κ1) is 15.3. The van der Waals surface area contributed by atoms with Crippen LogP contribution >= 0.6 is 0 Å². The molecule has 0 aliphatic heterocycles. The molecule has 0 N–H and O–H groups in total. The third-order valence-corrected chi connectivity index (χ3v) is 3.95. The first-order valence-electron chi connectivity index (χ1n) is 7.22. The van der Waals surface area contributed by atoms with Crippen LogP contribution in [0.25, 0.3) is 0 Å². The molecule has 0 aliphatic carbocycles. The van der Waals surface area contributed by atoms with Gasteiger partial charge in [0.1, 0.15) is 11.8 Å². The average molecular weight is 286 g/mol. The van der Waals surface area contributed by atoms with Crippen LogP contribution in [0.3, 0.4) is 0 Å². The molecule has 4 heteroatoms. The molecule has 0 spiro atoms. The van der Waals surface area contributed by atoms with E-state index >= 15 is 0 Å². The molecule has 1 aromatic heterocycles. The summed E-state index contributed by atoms with van der Waals surface area (Å²) in [6, 6.07) is 6.89. The van der Waals surface area contributed by atoms with Crippen LogP contribution in [0, 0.1) is 13.8 Å². The first-order valence-corrected chi connectivity index (χ1v) is 7.22. The molecule has 21 heavy (non-hydrogen) atoms. The van der Waals surface area contributed by atoms with Crippen LogP contribution in [0.5, 0.6) is 5.75 Å². The third kappa shape index (κ3) is 2.84. The summed E-state index contributed by atoms with van der Waals surface area (Å²) in [5.74, 6) is 0.810. The van der Waals surface area contributed by atoms with Gasteiger partial charge in [0, 0.05) is 11.3 Å². The standard InChI is InChI=1S/C17H22N2O2/c1-6-16-11(2)18-19(12(16)3)13(4)17(20)14-7-9-15(21-5)10-8-14/h7-10,13H,6H2,1-5H3. The van der Waals surface area contributed by atoms with Crippen molar-refractivity contribution in [3.8, 4) is 5.75 Å². The Morgan fingerprint density at radius 1 is 1.29 bits per heavy atom. The second-order valence-electron chi connectivity index (χ2n) is 5.22. The van der Waals surface area contributed by atoms with E-state index in [0.717, 1.165) is 23.6 Å². The number of methoxy groups -OCH3 is 1. The van der Waals surface area contributed by atoms with E-state index in [1.807, 2.05) is 25.5 Å². The van der Waals surface area contributed by atoms with Gasteiger partial charge in [-0.25, -0.2) is 0 Å². The van der Waals surface area contributed by atoms with E-state index in [2.05, 4.69) is 12.0 Å². The van der Waals surface area contributed by atoms with E-state index in [9.17, 15) is 4.79 Å². The lowest BCUT2D eigenvalue weighted by molar-refractivity contribution is 0.0926. The Morgan fingerprint density at radius 2 is 1.90 bits per heavy atom. The molecule has 1 heterocycles. The predicted octanol–water partition coefficient (Wildman–Crippen LogP) is 3.51. The van der Waals surface area contributed by atoms with Crippen LogP contribution < -0.4 is 4.74 Å². The average Bonchev–Trinajstić information content (AvgIpc) is 2.80. The quantitative estimate of drug-likeness (QED) is 0.790. The fraction of sp³-hybridized carbons (Fsp3) is 0.412. The lowest BCUT2D eigenvalue weighted by Crippen LogP contribution is -2.19. The lowest BCUT2D eigenvalue weighted by Gasteiger charge is -2.14. The highest BCUT2D eigenvalue weighted by Gasteiger charge is 2.21. The van der Waals surface area contributed by atoms with Crippen LogP contribution in [0.1, 0.15) is 47.2 Å². The molecule has 1 atom stereocenters. The number of carbonyl (C=O) groups excluding carboxylic acids is 1. The van der Waals surface area contributed by atoms with E-state index in [-0.39, 0.29) is 11.8 Å². The second kappa shape index (κ2) is 6.12. The Labute approximate surface area is 125 Å². The summed E-state index contributed by atoms with van der Waals surface area (Å²) in [7, 11) is 1.61. The monoisotopic (exact) mass is 286 g/mol. The molecule has 0 amide bonds. The molecule has 1 aromatic carbocycles. The first-order chi connectivity index (χ1) is 9.99. The van der Waals surface area contributed by atoms with Gasteiger partial charge in [0.25, 0.3) is 0 Å². The summed E-state index contributed by atoms with van der Waals surface area (Å²) < 4.78 is 6.95. The number of ketones is 1. The maximum absolute atomic E-state index is 12.6. The Kier molecular flexibility index (Phi) is 4.46. The van der Waals surface area contributed by atoms with Gasteiger partial charge in [-0.2, -0.15) is 5.10 Å². The van der Waals surface area contributed by atoms with Crippen molar-refractivity contribution in [3.63, 3.8) is 0 Å². The van der Waals surface area contributed by atoms with Gasteiger partial charge in [0.2, 0.25) is 0 Å². The van der Waals surface area contributed by atoms with Gasteiger partial charge in [-0.1, -0.05) is 6.92 Å². The van der Waals surface area contributed by atoms with Gasteiger partial charge in [-0.15, -0.1) is 0 Å². The molecule has 0 radical (unpaired) electrons. The van der Waals surface area contributed by atoms with Crippen molar-refractivity contribution in [1.29, 1.82) is 0 Å². The van der Waals surface area contributed by atoms with Gasteiger partial charge < -0.3 is 4.74 Å². The number of hydrogen-bond acceptors (Lipinski definition) is 3. The Bertz CT molecular complexity index is 642. The van der Waals surface area contributed by atoms with Crippen LogP contribution in [-0.4, -0.2) is 22.7 Å². The van der Waals surface area contributed by atoms with Gasteiger partial charge in [0.15, 0.2) is 5.78 Å². The highest BCUT2D eigenvalue weighted by atomic mass is 16.5. The molecule has 0 saturated heterocycles. The molecule has 112 valence electrons. The van der Waals surface area contributed by atoms with E-state index < -0.39 is 0 Å². The summed E-state index contributed by atoms with van der Waals surface area (Å²) in [4.78, 5) is 12.6. The Morgan fingerprint density at radius 3 is 2.38 bits per heavy atom. The maximum Gasteiger partial charge on any atom is 0.187 e. The zero-order valence-corrected chi connectivity index (χ0v) is 13.3. The van der Waals surface area contributed by atoms with Gasteiger partial charge in [-0.05, 0) is 57.0 Å². The molecule has 2 rings (SSSR count). The van der Waals surface area contributed by atoms with Gasteiger partial charge in [-0.3, -0.25) is 9.48 Å². The van der Waals surface area contributed by atoms with E-state index in [4.69, 9.17) is 4.74 Å². The van der Waals surface area contributed by atoms with Crippen LogP contribution in [-0.2, 0) is 6.42 Å². The number of ether oxygens (including phenoxy) is 1. The number of Topliss-reactive ketones (excluding diaryl/α,β-unsaturated/α-hetero) is 1. The minimum atomic E-state index is -0.308. The Balaban J connectivity index is 2.30. The second-order valence-corrected chi connectivity index (χ2v) is 5.22. The van der Waals surface area contributed by atoms with Crippen molar-refractivity contribution < 1.29 is 9.53 Å². The highest BCUT2D eigenvalue weighted by molar-refractivity contribution is 5.98. The number of aromatic nitrogens is 2. The van der Waals surface area contributed by atoms with Crippen molar-refractivity contribution >= 4 is 5.78 Å². The van der Waals surface area contributed by atoms with Crippen molar-refractivity contribution in [2.45, 2.75) is 40.2 Å². The van der Waals surface area contributed by atoms with E-state index in [1.54, 1.807) is 31.4 Å². The number of nitrogens with zero attached hydrogens (tertiary/aromatic N) is 2. The summed E-state index contributed by atoms with van der Waals surface area (Å²) >= 11 is 0. The molecular weight excluding hydrogens is 264 g/mol. The number of aryl methyl sites for hydroxylation is 1. The molecular formula is C17H22N2O2. The number of carbonyl (C=O) groups is 1. The van der Waals surface area contributed by atoms with Crippen molar-refractivity contribution in [2.75, 3.05) is 7.11 Å². The van der Waals surface area contributed by atoms with Crippen molar-refractivity contribution in [2.24, 2.45) is 0 Å². The molecule has 0 aliphatic rings. The fourth-order valence-corrected chi connectivity index (χ4v) is 2.69. The van der Waals surface area contributed by atoms with E-state index in [1.165, 1.54) is 5.56 Å². The Hall–Kier alpha value is -2.10. The summed E-state index contributed by atoms with van der Waals surface area (Å²) in [6.45, 7) is 8.02. The summed E-state index contributed by atoms with van der Waals surface area (Å²) in [6.07, 6.45) is 0.932. The summed E-state index contributed by atoms with van der Waals surface area (Å²) in [5.41, 5.74) is 3.98. The van der Waals surface area contributed by atoms with Gasteiger partial charge in [0.05, 0.1) is 12.8 Å². The van der Waals surface area contributed by atoms with Gasteiger partial charge >= 0.3 is 0 Å². The molecule has 4 nitrogen and oxygen atoms in total. The topological polar surface area (TPSA) is 44.1 Å². The van der Waals surface area contributed by atoms with Crippen molar-refractivity contribution in [1.82, 2.24) is 9.78 Å². The van der Waals surface area contributed by atoms with Crippen LogP contribution in [0.2, 0.25) is 0 Å². The molecule has 0 bridgehead atoms. The lowest BCUT2D eigenvalue weighted by atomic mass is 10.0. The third-order valence-electron chi connectivity index (χ3n) is 3.95. The summed E-state index contributed by atoms with van der Waals surface area (Å²) in [5, 5.41) is 4.53. The maximum atomic E-state index is 12.6. The van der Waals surface area contributed by atoms with E-state index in [0.29, 0.717) is 5.56 Å². The zero-order chi connectivity index (χ0) is 15.6. The fourth-order valence-electron chi connectivity index (χ4n) is 2.69. The number of benzene rings is 1. The molecule has 1 unspecified atom stereocenters. The molecule has 2 aromatic rings. The SMILES string of the molecule is CCc1c(C)nn(C(C)C(=O)c2ccc(OC)cc2)c1C. The minimum Gasteiger partial charge on any atom is -0.497 e. The molecule has 0 saturated carbocycles. The van der Waals surface area contributed by atoms with Crippen molar-refractivity contribution in [3.05, 3.63) is 46.8 Å². The van der Waals surface area contributed by atoms with Crippen LogP contribution in [0.15, 0.2) is 24.3 Å². The van der Waals surface area contributed by atoms with Crippen LogP contribution in [0.4, 0.5) is 0 Å². The number of rotatable bonds is 5. The zero-order valence-electron chi connectivity index (χ0n) is 13.3. The minimum absolute atomic E-state index is 0.0610. The largest absolute Gasteiger partial charge is 0.497 e. The molecule has 0 fully saturated rings. The normalized spacial score (nSPS) is 12.2. The highest BCUT2D eigenvalue weighted by Crippen LogP contribution is 2.22. The predicted molar refractivity (Wildman–Crippen MR) is 83.1 cm³/mol.